The highest BCUT2D eigenvalue weighted by molar-refractivity contribution is 7.12. The van der Waals surface area contributed by atoms with Gasteiger partial charge in [-0.3, -0.25) is 14.9 Å². The standard InChI is InChI=1S/C26H31N5O3S/c1-4-22-21(17-19-7-9-20(10-8-19)31(33)34)25(28-24(27-22)16-18(2)3)29-11-13-30(14-12-29)26(32)23-6-5-15-35-23/h5-10,15,18H,4,11-14,16-17H2,1-3H3. The number of nitrogens with zero attached hydrogens (tertiary/aromatic N) is 5. The van der Waals surface area contributed by atoms with E-state index in [1.807, 2.05) is 22.4 Å². The molecule has 3 heterocycles. The van der Waals surface area contributed by atoms with Crippen LogP contribution < -0.4 is 4.90 Å². The Bertz CT molecular complexity index is 1170. The summed E-state index contributed by atoms with van der Waals surface area (Å²) in [5.74, 6) is 2.29. The van der Waals surface area contributed by atoms with Crippen LogP contribution in [0.25, 0.3) is 0 Å². The first-order valence-corrected chi connectivity index (χ1v) is 12.9. The fourth-order valence-electron chi connectivity index (χ4n) is 4.38. The van der Waals surface area contributed by atoms with E-state index >= 15 is 0 Å². The molecule has 0 radical (unpaired) electrons. The number of piperazine rings is 1. The number of hydrogen-bond acceptors (Lipinski definition) is 7. The Morgan fingerprint density at radius 3 is 2.40 bits per heavy atom. The molecule has 0 aliphatic carbocycles. The molecule has 0 N–H and O–H groups in total. The van der Waals surface area contributed by atoms with E-state index in [4.69, 9.17) is 9.97 Å². The van der Waals surface area contributed by atoms with Crippen molar-refractivity contribution in [3.8, 4) is 0 Å². The van der Waals surface area contributed by atoms with E-state index in [9.17, 15) is 14.9 Å². The van der Waals surface area contributed by atoms with E-state index in [-0.39, 0.29) is 16.5 Å². The highest BCUT2D eigenvalue weighted by atomic mass is 32.1. The van der Waals surface area contributed by atoms with Crippen molar-refractivity contribution in [3.05, 3.63) is 79.4 Å². The average molecular weight is 494 g/mol. The minimum atomic E-state index is -0.381. The number of nitro groups is 1. The zero-order valence-electron chi connectivity index (χ0n) is 20.4. The summed E-state index contributed by atoms with van der Waals surface area (Å²) < 4.78 is 0. The molecule has 1 fully saturated rings. The molecule has 0 bridgehead atoms. The minimum absolute atomic E-state index is 0.0831. The van der Waals surface area contributed by atoms with Crippen molar-refractivity contribution >= 4 is 28.7 Å². The molecule has 4 rings (SSSR count). The number of amides is 1. The Morgan fingerprint density at radius 1 is 1.11 bits per heavy atom. The number of hydrogen-bond donors (Lipinski definition) is 0. The number of rotatable bonds is 8. The maximum absolute atomic E-state index is 12.8. The summed E-state index contributed by atoms with van der Waals surface area (Å²) in [7, 11) is 0. The summed E-state index contributed by atoms with van der Waals surface area (Å²) in [4.78, 5) is 38.3. The summed E-state index contributed by atoms with van der Waals surface area (Å²) in [5, 5.41) is 13.0. The van der Waals surface area contributed by atoms with Gasteiger partial charge in [0, 0.05) is 62.4 Å². The number of nitro benzene ring substituents is 1. The van der Waals surface area contributed by atoms with E-state index in [0.717, 1.165) is 46.2 Å². The lowest BCUT2D eigenvalue weighted by Crippen LogP contribution is -2.49. The van der Waals surface area contributed by atoms with Crippen molar-refractivity contribution in [3.63, 3.8) is 0 Å². The molecule has 9 heteroatoms. The van der Waals surface area contributed by atoms with E-state index in [1.54, 1.807) is 24.3 Å². The maximum Gasteiger partial charge on any atom is 0.269 e. The van der Waals surface area contributed by atoms with Gasteiger partial charge in [-0.1, -0.05) is 39.0 Å². The largest absolute Gasteiger partial charge is 0.353 e. The summed E-state index contributed by atoms with van der Waals surface area (Å²) in [6, 6.07) is 10.5. The van der Waals surface area contributed by atoms with Crippen LogP contribution >= 0.6 is 11.3 Å². The molecule has 3 aromatic rings. The van der Waals surface area contributed by atoms with Crippen molar-refractivity contribution in [1.29, 1.82) is 0 Å². The van der Waals surface area contributed by atoms with Crippen LogP contribution in [-0.2, 0) is 19.3 Å². The van der Waals surface area contributed by atoms with Crippen molar-refractivity contribution < 1.29 is 9.72 Å². The van der Waals surface area contributed by atoms with E-state index < -0.39 is 0 Å². The second-order valence-corrected chi connectivity index (χ2v) is 10.1. The number of anilines is 1. The summed E-state index contributed by atoms with van der Waals surface area (Å²) >= 11 is 1.47. The average Bonchev–Trinajstić information content (AvgIpc) is 3.39. The highest BCUT2D eigenvalue weighted by Gasteiger charge is 2.26. The smallest absolute Gasteiger partial charge is 0.269 e. The molecule has 1 aliphatic rings. The molecule has 0 unspecified atom stereocenters. The van der Waals surface area contributed by atoms with Gasteiger partial charge in [-0.2, -0.15) is 0 Å². The summed E-state index contributed by atoms with van der Waals surface area (Å²) in [6.07, 6.45) is 2.18. The van der Waals surface area contributed by atoms with E-state index in [1.165, 1.54) is 11.3 Å². The number of non-ortho nitro benzene ring substituents is 1. The Morgan fingerprint density at radius 2 is 1.83 bits per heavy atom. The number of aryl methyl sites for hydroxylation is 1. The van der Waals surface area contributed by atoms with Gasteiger partial charge in [-0.05, 0) is 29.3 Å². The lowest BCUT2D eigenvalue weighted by Gasteiger charge is -2.36. The Balaban J connectivity index is 1.62. The van der Waals surface area contributed by atoms with Gasteiger partial charge >= 0.3 is 0 Å². The van der Waals surface area contributed by atoms with Gasteiger partial charge in [0.2, 0.25) is 0 Å². The molecule has 1 aliphatic heterocycles. The zero-order valence-corrected chi connectivity index (χ0v) is 21.3. The van der Waals surface area contributed by atoms with Crippen LogP contribution in [-0.4, -0.2) is 51.9 Å². The third kappa shape index (κ3) is 5.85. The zero-order chi connectivity index (χ0) is 24.9. The molecule has 1 aromatic carbocycles. The molecule has 8 nitrogen and oxygen atoms in total. The second kappa shape index (κ2) is 10.9. The molecular formula is C26H31N5O3S. The normalized spacial score (nSPS) is 13.9. The molecule has 2 aromatic heterocycles. The molecule has 0 spiro atoms. The fourth-order valence-corrected chi connectivity index (χ4v) is 5.07. The fraction of sp³-hybridized carbons (Fsp3) is 0.423. The van der Waals surface area contributed by atoms with Crippen LogP contribution in [0.2, 0.25) is 0 Å². The van der Waals surface area contributed by atoms with Crippen LogP contribution in [0.4, 0.5) is 11.5 Å². The van der Waals surface area contributed by atoms with E-state index in [0.29, 0.717) is 38.5 Å². The topological polar surface area (TPSA) is 92.5 Å². The van der Waals surface area contributed by atoms with Crippen LogP contribution in [0.3, 0.4) is 0 Å². The van der Waals surface area contributed by atoms with E-state index in [2.05, 4.69) is 25.7 Å². The van der Waals surface area contributed by atoms with Crippen LogP contribution in [0.1, 0.15) is 53.1 Å². The maximum atomic E-state index is 12.8. The third-order valence-corrected chi connectivity index (χ3v) is 7.03. The first-order chi connectivity index (χ1) is 16.9. The quantitative estimate of drug-likeness (QED) is 0.332. The molecule has 1 amide bonds. The highest BCUT2D eigenvalue weighted by Crippen LogP contribution is 2.28. The Hall–Kier alpha value is -3.33. The van der Waals surface area contributed by atoms with Crippen molar-refractivity contribution in [2.24, 2.45) is 5.92 Å². The number of benzene rings is 1. The summed E-state index contributed by atoms with van der Waals surface area (Å²) in [5.41, 5.74) is 3.14. The SMILES string of the molecule is CCc1nc(CC(C)C)nc(N2CCN(C(=O)c3cccs3)CC2)c1Cc1ccc([N+](=O)[O-])cc1. The van der Waals surface area contributed by atoms with Crippen LogP contribution in [0.5, 0.6) is 0 Å². The molecule has 184 valence electrons. The van der Waals surface area contributed by atoms with Crippen molar-refractivity contribution in [2.45, 2.75) is 40.0 Å². The van der Waals surface area contributed by atoms with Crippen LogP contribution in [0.15, 0.2) is 41.8 Å². The monoisotopic (exact) mass is 493 g/mol. The van der Waals surface area contributed by atoms with Gasteiger partial charge in [0.1, 0.15) is 11.6 Å². The van der Waals surface area contributed by atoms with Crippen LogP contribution in [0, 0.1) is 16.0 Å². The number of thiophene rings is 1. The predicted octanol–water partition coefficient (Wildman–Crippen LogP) is 4.76. The first-order valence-electron chi connectivity index (χ1n) is 12.1. The number of carbonyl (C=O) groups is 1. The Labute approximate surface area is 209 Å². The van der Waals surface area contributed by atoms with Gasteiger partial charge in [0.15, 0.2) is 0 Å². The second-order valence-electron chi connectivity index (χ2n) is 9.20. The first kappa shape index (κ1) is 24.8. The molecule has 0 atom stereocenters. The van der Waals surface area contributed by atoms with Gasteiger partial charge in [0.05, 0.1) is 9.80 Å². The lowest BCUT2D eigenvalue weighted by molar-refractivity contribution is -0.384. The van der Waals surface area contributed by atoms with Crippen molar-refractivity contribution in [2.75, 3.05) is 31.1 Å². The van der Waals surface area contributed by atoms with Gasteiger partial charge in [-0.25, -0.2) is 9.97 Å². The molecule has 0 saturated carbocycles. The third-order valence-electron chi connectivity index (χ3n) is 6.17. The van der Waals surface area contributed by atoms with Crippen molar-refractivity contribution in [1.82, 2.24) is 14.9 Å². The van der Waals surface area contributed by atoms with Gasteiger partial charge in [0.25, 0.3) is 11.6 Å². The number of carbonyl (C=O) groups excluding carboxylic acids is 1. The predicted molar refractivity (Wildman–Crippen MR) is 138 cm³/mol. The minimum Gasteiger partial charge on any atom is -0.353 e. The molecular weight excluding hydrogens is 462 g/mol. The number of aromatic nitrogens is 2. The van der Waals surface area contributed by atoms with Gasteiger partial charge in [-0.15, -0.1) is 11.3 Å². The molecule has 35 heavy (non-hydrogen) atoms. The Kier molecular flexibility index (Phi) is 7.75. The molecule has 1 saturated heterocycles. The van der Waals surface area contributed by atoms with Gasteiger partial charge < -0.3 is 9.80 Å². The summed E-state index contributed by atoms with van der Waals surface area (Å²) in [6.45, 7) is 9.10. The lowest BCUT2D eigenvalue weighted by atomic mass is 10.0.